The number of likely N-dealkylation sites (tertiary alicyclic amines) is 1. The lowest BCUT2D eigenvalue weighted by Crippen LogP contribution is -2.32. The zero-order valence-electron chi connectivity index (χ0n) is 13.0. The van der Waals surface area contributed by atoms with E-state index in [9.17, 15) is 0 Å². The number of oxazole rings is 1. The van der Waals surface area contributed by atoms with E-state index in [1.165, 1.54) is 12.8 Å². The second kappa shape index (κ2) is 6.38. The fourth-order valence-corrected chi connectivity index (χ4v) is 3.24. The molecule has 0 amide bonds. The van der Waals surface area contributed by atoms with Crippen LogP contribution >= 0.6 is 0 Å². The fourth-order valence-electron chi connectivity index (χ4n) is 3.24. The predicted molar refractivity (Wildman–Crippen MR) is 87.6 cm³/mol. The summed E-state index contributed by atoms with van der Waals surface area (Å²) >= 11 is 0. The van der Waals surface area contributed by atoms with Crippen LogP contribution in [-0.2, 0) is 13.1 Å². The normalized spacial score (nSPS) is 18.5. The minimum absolute atomic E-state index is 0.520. The Labute approximate surface area is 135 Å². The summed E-state index contributed by atoms with van der Waals surface area (Å²) in [7, 11) is 0. The zero-order chi connectivity index (χ0) is 15.5. The quantitative estimate of drug-likeness (QED) is 0.726. The molecule has 0 saturated carbocycles. The summed E-state index contributed by atoms with van der Waals surface area (Å²) in [6.07, 6.45) is 8.09. The molecule has 1 saturated heterocycles. The predicted octanol–water partition coefficient (Wildman–Crippen LogP) is 3.20. The Balaban J connectivity index is 1.44. The standard InChI is InChI=1S/C18H20N4O/c1-2-6-15(7-3-1)18-20-16(14-23-18)12-21-10-4-8-17(21)13-22-11-5-9-19-22/h1-3,5-7,9,11,14,17H,4,8,10,12-13H2. The second-order valence-electron chi connectivity index (χ2n) is 6.00. The molecule has 0 N–H and O–H groups in total. The molecule has 3 aromatic rings. The van der Waals surface area contributed by atoms with Crippen LogP contribution in [0.4, 0.5) is 0 Å². The Morgan fingerprint density at radius 2 is 2.09 bits per heavy atom. The van der Waals surface area contributed by atoms with E-state index in [4.69, 9.17) is 4.42 Å². The maximum absolute atomic E-state index is 5.65. The summed E-state index contributed by atoms with van der Waals surface area (Å²) in [4.78, 5) is 7.13. The maximum Gasteiger partial charge on any atom is 0.226 e. The Kier molecular flexibility index (Phi) is 3.94. The van der Waals surface area contributed by atoms with Gasteiger partial charge in [0, 0.05) is 30.5 Å². The smallest absolute Gasteiger partial charge is 0.226 e. The van der Waals surface area contributed by atoms with E-state index in [-0.39, 0.29) is 0 Å². The first-order chi connectivity index (χ1) is 11.4. The van der Waals surface area contributed by atoms with Crippen LogP contribution < -0.4 is 0 Å². The third kappa shape index (κ3) is 3.19. The lowest BCUT2D eigenvalue weighted by atomic mass is 10.2. The van der Waals surface area contributed by atoms with Crippen LogP contribution in [0.5, 0.6) is 0 Å². The first-order valence-corrected chi connectivity index (χ1v) is 8.10. The van der Waals surface area contributed by atoms with Crippen molar-refractivity contribution < 1.29 is 4.42 Å². The van der Waals surface area contributed by atoms with Gasteiger partial charge in [-0.15, -0.1) is 0 Å². The van der Waals surface area contributed by atoms with E-state index in [2.05, 4.69) is 15.0 Å². The molecular formula is C18H20N4O. The van der Waals surface area contributed by atoms with Crippen LogP contribution in [0.25, 0.3) is 11.5 Å². The average molecular weight is 308 g/mol. The molecule has 0 aliphatic carbocycles. The van der Waals surface area contributed by atoms with Crippen molar-refractivity contribution in [2.45, 2.75) is 32.0 Å². The first kappa shape index (κ1) is 14.2. The molecule has 1 unspecified atom stereocenters. The molecular weight excluding hydrogens is 288 g/mol. The summed E-state index contributed by atoms with van der Waals surface area (Å²) in [5, 5.41) is 4.32. The van der Waals surface area contributed by atoms with Gasteiger partial charge in [-0.1, -0.05) is 18.2 Å². The van der Waals surface area contributed by atoms with E-state index < -0.39 is 0 Å². The van der Waals surface area contributed by atoms with Gasteiger partial charge in [0.1, 0.15) is 6.26 Å². The molecule has 1 atom stereocenters. The molecule has 118 valence electrons. The summed E-state index contributed by atoms with van der Waals surface area (Å²) in [5.41, 5.74) is 2.02. The molecule has 0 bridgehead atoms. The van der Waals surface area contributed by atoms with E-state index >= 15 is 0 Å². The van der Waals surface area contributed by atoms with Crippen LogP contribution in [0, 0.1) is 0 Å². The van der Waals surface area contributed by atoms with Crippen LogP contribution in [0.15, 0.2) is 59.5 Å². The molecule has 1 aliphatic rings. The van der Waals surface area contributed by atoms with Crippen molar-refractivity contribution in [3.63, 3.8) is 0 Å². The Morgan fingerprint density at radius 1 is 1.17 bits per heavy atom. The van der Waals surface area contributed by atoms with Gasteiger partial charge in [0.15, 0.2) is 0 Å². The zero-order valence-corrected chi connectivity index (χ0v) is 13.0. The van der Waals surface area contributed by atoms with Crippen molar-refractivity contribution in [2.24, 2.45) is 0 Å². The van der Waals surface area contributed by atoms with E-state index in [1.54, 1.807) is 6.26 Å². The highest BCUT2D eigenvalue weighted by Crippen LogP contribution is 2.23. The van der Waals surface area contributed by atoms with Gasteiger partial charge in [0.2, 0.25) is 5.89 Å². The average Bonchev–Trinajstić information content (AvgIpc) is 3.33. The molecule has 4 rings (SSSR count). The van der Waals surface area contributed by atoms with Crippen LogP contribution in [0.3, 0.4) is 0 Å². The van der Waals surface area contributed by atoms with Crippen LogP contribution in [0.2, 0.25) is 0 Å². The third-order valence-electron chi connectivity index (χ3n) is 4.39. The molecule has 3 heterocycles. The second-order valence-corrected chi connectivity index (χ2v) is 6.00. The fraction of sp³-hybridized carbons (Fsp3) is 0.333. The number of hydrogen-bond acceptors (Lipinski definition) is 4. The Morgan fingerprint density at radius 3 is 2.91 bits per heavy atom. The van der Waals surface area contributed by atoms with Gasteiger partial charge < -0.3 is 4.42 Å². The highest BCUT2D eigenvalue weighted by molar-refractivity contribution is 5.52. The van der Waals surface area contributed by atoms with E-state index in [1.807, 2.05) is 53.5 Å². The monoisotopic (exact) mass is 308 g/mol. The number of rotatable bonds is 5. The molecule has 1 aliphatic heterocycles. The molecule has 0 radical (unpaired) electrons. The van der Waals surface area contributed by atoms with Crippen molar-refractivity contribution in [1.82, 2.24) is 19.7 Å². The number of aromatic nitrogens is 3. The van der Waals surface area contributed by atoms with Crippen molar-refractivity contribution in [3.8, 4) is 11.5 Å². The molecule has 0 spiro atoms. The molecule has 2 aromatic heterocycles. The van der Waals surface area contributed by atoms with E-state index in [0.29, 0.717) is 11.9 Å². The third-order valence-corrected chi connectivity index (χ3v) is 4.39. The lowest BCUT2D eigenvalue weighted by molar-refractivity contribution is 0.217. The number of nitrogens with zero attached hydrogens (tertiary/aromatic N) is 4. The molecule has 23 heavy (non-hydrogen) atoms. The largest absolute Gasteiger partial charge is 0.444 e. The Bertz CT molecular complexity index is 735. The molecule has 5 heteroatoms. The summed E-state index contributed by atoms with van der Waals surface area (Å²) < 4.78 is 7.66. The highest BCUT2D eigenvalue weighted by atomic mass is 16.3. The molecule has 1 fully saturated rings. The topological polar surface area (TPSA) is 47.1 Å². The summed E-state index contributed by atoms with van der Waals surface area (Å²) in [6, 6.07) is 12.5. The summed E-state index contributed by atoms with van der Waals surface area (Å²) in [5.74, 6) is 0.698. The van der Waals surface area contributed by atoms with E-state index in [0.717, 1.165) is 30.9 Å². The summed E-state index contributed by atoms with van der Waals surface area (Å²) in [6.45, 7) is 2.89. The SMILES string of the molecule is c1ccc(-c2nc(CN3CCCC3Cn3cccn3)co2)cc1. The van der Waals surface area contributed by atoms with Crippen molar-refractivity contribution >= 4 is 0 Å². The highest BCUT2D eigenvalue weighted by Gasteiger charge is 2.25. The molecule has 5 nitrogen and oxygen atoms in total. The van der Waals surface area contributed by atoms with Gasteiger partial charge in [0.25, 0.3) is 0 Å². The number of benzene rings is 1. The Hall–Kier alpha value is -2.40. The minimum Gasteiger partial charge on any atom is -0.444 e. The number of hydrogen-bond donors (Lipinski definition) is 0. The van der Waals surface area contributed by atoms with Crippen molar-refractivity contribution in [3.05, 3.63) is 60.7 Å². The van der Waals surface area contributed by atoms with Gasteiger partial charge >= 0.3 is 0 Å². The van der Waals surface area contributed by atoms with Crippen molar-refractivity contribution in [2.75, 3.05) is 6.54 Å². The van der Waals surface area contributed by atoms with Gasteiger partial charge in [-0.25, -0.2) is 4.98 Å². The first-order valence-electron chi connectivity index (χ1n) is 8.10. The van der Waals surface area contributed by atoms with Gasteiger partial charge in [-0.3, -0.25) is 9.58 Å². The minimum atomic E-state index is 0.520. The maximum atomic E-state index is 5.65. The van der Waals surface area contributed by atoms with Crippen LogP contribution in [0.1, 0.15) is 18.5 Å². The van der Waals surface area contributed by atoms with Gasteiger partial charge in [-0.05, 0) is 37.6 Å². The lowest BCUT2D eigenvalue weighted by Gasteiger charge is -2.23. The van der Waals surface area contributed by atoms with Gasteiger partial charge in [0.05, 0.1) is 12.2 Å². The van der Waals surface area contributed by atoms with Crippen LogP contribution in [-0.4, -0.2) is 32.3 Å². The van der Waals surface area contributed by atoms with Crippen molar-refractivity contribution in [1.29, 1.82) is 0 Å². The van der Waals surface area contributed by atoms with Gasteiger partial charge in [-0.2, -0.15) is 5.10 Å². The molecule has 1 aromatic carbocycles.